The van der Waals surface area contributed by atoms with Crippen molar-refractivity contribution in [2.24, 2.45) is 5.10 Å². The van der Waals surface area contributed by atoms with Crippen LogP contribution in [0, 0.1) is 17.0 Å². The zero-order chi connectivity index (χ0) is 21.5. The fourth-order valence-corrected chi connectivity index (χ4v) is 3.45. The number of benzene rings is 3. The molecule has 0 spiro atoms. The van der Waals surface area contributed by atoms with Gasteiger partial charge in [-0.2, -0.15) is 5.10 Å². The van der Waals surface area contributed by atoms with E-state index >= 15 is 0 Å². The van der Waals surface area contributed by atoms with E-state index in [1.54, 1.807) is 43.5 Å². The molecule has 0 bridgehead atoms. The lowest BCUT2D eigenvalue weighted by Crippen LogP contribution is -2.17. The minimum absolute atomic E-state index is 0.0222. The van der Waals surface area contributed by atoms with Crippen LogP contribution in [-0.4, -0.2) is 24.2 Å². The first kappa shape index (κ1) is 21.1. The van der Waals surface area contributed by atoms with Crippen molar-refractivity contribution in [3.8, 4) is 5.75 Å². The van der Waals surface area contributed by atoms with E-state index in [0.29, 0.717) is 21.8 Å². The zero-order valence-electron chi connectivity index (χ0n) is 16.4. The van der Waals surface area contributed by atoms with Crippen LogP contribution in [0.3, 0.4) is 0 Å². The van der Waals surface area contributed by atoms with Crippen LogP contribution in [0.4, 0.5) is 5.69 Å². The summed E-state index contributed by atoms with van der Waals surface area (Å²) in [4.78, 5) is 24.6. The minimum atomic E-state index is -0.427. The summed E-state index contributed by atoms with van der Waals surface area (Å²) in [5.41, 5.74) is 4.43. The molecule has 8 heteroatoms. The number of carbonyl (C=O) groups excluding carboxylic acids is 1. The first-order valence-corrected chi connectivity index (χ1v) is 9.78. The summed E-state index contributed by atoms with van der Waals surface area (Å²) >= 11 is 1.32. The van der Waals surface area contributed by atoms with Crippen LogP contribution in [0.2, 0.25) is 0 Å². The van der Waals surface area contributed by atoms with Gasteiger partial charge in [0.2, 0.25) is 0 Å². The first-order chi connectivity index (χ1) is 14.5. The van der Waals surface area contributed by atoms with E-state index in [4.69, 9.17) is 4.74 Å². The highest BCUT2D eigenvalue weighted by atomic mass is 32.2. The maximum absolute atomic E-state index is 12.1. The molecule has 0 aromatic heterocycles. The van der Waals surface area contributed by atoms with E-state index in [-0.39, 0.29) is 5.69 Å². The average molecular weight is 421 g/mol. The van der Waals surface area contributed by atoms with Gasteiger partial charge < -0.3 is 4.74 Å². The Kier molecular flexibility index (Phi) is 6.82. The van der Waals surface area contributed by atoms with Crippen LogP contribution in [0.5, 0.6) is 5.75 Å². The van der Waals surface area contributed by atoms with Gasteiger partial charge in [-0.05, 0) is 49.4 Å². The topological polar surface area (TPSA) is 93.8 Å². The van der Waals surface area contributed by atoms with E-state index in [9.17, 15) is 14.9 Å². The molecule has 1 N–H and O–H groups in total. The SMILES string of the molecule is COc1ccc(C(=O)N/N=C\c2ccc(Sc3ccc(C)cc3)c([N+](=O)[O-])c2)cc1. The lowest BCUT2D eigenvalue weighted by Gasteiger charge is -2.05. The lowest BCUT2D eigenvalue weighted by atomic mass is 10.2. The number of rotatable bonds is 7. The highest BCUT2D eigenvalue weighted by molar-refractivity contribution is 7.99. The Morgan fingerprint density at radius 2 is 1.80 bits per heavy atom. The van der Waals surface area contributed by atoms with Crippen molar-refractivity contribution in [3.05, 3.63) is 93.5 Å². The quantitative estimate of drug-likeness (QED) is 0.335. The van der Waals surface area contributed by atoms with E-state index in [0.717, 1.165) is 10.5 Å². The fraction of sp³-hybridized carbons (Fsp3) is 0.0909. The number of aryl methyl sites for hydroxylation is 1. The normalized spacial score (nSPS) is 10.7. The number of nitrogens with one attached hydrogen (secondary N) is 1. The summed E-state index contributed by atoms with van der Waals surface area (Å²) in [5, 5.41) is 15.4. The van der Waals surface area contributed by atoms with Crippen LogP contribution in [0.15, 0.2) is 81.6 Å². The molecule has 0 aliphatic heterocycles. The van der Waals surface area contributed by atoms with Gasteiger partial charge in [0.05, 0.1) is 23.1 Å². The van der Waals surface area contributed by atoms with E-state index in [2.05, 4.69) is 10.5 Å². The molecule has 0 saturated heterocycles. The summed E-state index contributed by atoms with van der Waals surface area (Å²) in [5.74, 6) is 0.251. The predicted molar refractivity (Wildman–Crippen MR) is 116 cm³/mol. The highest BCUT2D eigenvalue weighted by Gasteiger charge is 2.15. The Balaban J connectivity index is 1.71. The van der Waals surface area contributed by atoms with Gasteiger partial charge in [-0.3, -0.25) is 14.9 Å². The molecule has 0 saturated carbocycles. The second-order valence-electron chi connectivity index (χ2n) is 6.33. The molecule has 7 nitrogen and oxygen atoms in total. The van der Waals surface area contributed by atoms with Crippen LogP contribution in [-0.2, 0) is 0 Å². The number of ether oxygens (including phenoxy) is 1. The van der Waals surface area contributed by atoms with Gasteiger partial charge in [0, 0.05) is 22.1 Å². The number of hydrogen-bond acceptors (Lipinski definition) is 6. The molecular weight excluding hydrogens is 402 g/mol. The number of carbonyl (C=O) groups is 1. The summed E-state index contributed by atoms with van der Waals surface area (Å²) in [6.45, 7) is 1.98. The van der Waals surface area contributed by atoms with Crippen LogP contribution in [0.25, 0.3) is 0 Å². The third-order valence-electron chi connectivity index (χ3n) is 4.16. The van der Waals surface area contributed by atoms with Crippen molar-refractivity contribution in [1.29, 1.82) is 0 Å². The number of nitro benzene ring substituents is 1. The molecule has 0 aliphatic carbocycles. The summed E-state index contributed by atoms with van der Waals surface area (Å²) < 4.78 is 5.05. The number of nitrogens with zero attached hydrogens (tertiary/aromatic N) is 2. The van der Waals surface area contributed by atoms with Crippen molar-refractivity contribution in [3.63, 3.8) is 0 Å². The standard InChI is InChI=1S/C22H19N3O4S/c1-15-3-10-19(11-4-15)30-21-12-5-16(13-20(21)25(27)28)14-23-24-22(26)17-6-8-18(29-2)9-7-17/h3-14H,1-2H3,(H,24,26)/b23-14-. The summed E-state index contributed by atoms with van der Waals surface area (Å²) in [6.07, 6.45) is 1.37. The molecule has 0 atom stereocenters. The lowest BCUT2D eigenvalue weighted by molar-refractivity contribution is -0.387. The van der Waals surface area contributed by atoms with Crippen molar-refractivity contribution < 1.29 is 14.5 Å². The Morgan fingerprint density at radius 1 is 1.10 bits per heavy atom. The minimum Gasteiger partial charge on any atom is -0.497 e. The Bertz CT molecular complexity index is 1080. The third kappa shape index (κ3) is 5.45. The monoisotopic (exact) mass is 421 g/mol. The molecule has 0 heterocycles. The van der Waals surface area contributed by atoms with Crippen molar-refractivity contribution >= 4 is 29.6 Å². The third-order valence-corrected chi connectivity index (χ3v) is 5.23. The molecule has 3 aromatic rings. The van der Waals surface area contributed by atoms with Gasteiger partial charge in [-0.25, -0.2) is 5.43 Å². The second kappa shape index (κ2) is 9.71. The fourth-order valence-electron chi connectivity index (χ4n) is 2.55. The van der Waals surface area contributed by atoms with Crippen LogP contribution in [0.1, 0.15) is 21.5 Å². The maximum atomic E-state index is 12.1. The molecule has 152 valence electrons. The number of hydrazone groups is 1. The van der Waals surface area contributed by atoms with Gasteiger partial charge >= 0.3 is 0 Å². The van der Waals surface area contributed by atoms with E-state index in [1.165, 1.54) is 24.0 Å². The summed E-state index contributed by atoms with van der Waals surface area (Å²) in [7, 11) is 1.54. The average Bonchev–Trinajstić information content (AvgIpc) is 2.76. The van der Waals surface area contributed by atoms with Gasteiger partial charge in [0.25, 0.3) is 11.6 Å². The second-order valence-corrected chi connectivity index (χ2v) is 7.44. The molecule has 0 aliphatic rings. The smallest absolute Gasteiger partial charge is 0.283 e. The molecule has 0 radical (unpaired) electrons. The Hall–Kier alpha value is -3.65. The van der Waals surface area contributed by atoms with Crippen LogP contribution >= 0.6 is 11.8 Å². The Morgan fingerprint density at radius 3 is 2.43 bits per heavy atom. The molecule has 3 aromatic carbocycles. The molecule has 0 unspecified atom stereocenters. The first-order valence-electron chi connectivity index (χ1n) is 8.96. The van der Waals surface area contributed by atoms with Gasteiger partial charge in [-0.1, -0.05) is 35.5 Å². The number of nitro groups is 1. The van der Waals surface area contributed by atoms with Gasteiger partial charge in [0.1, 0.15) is 5.75 Å². The number of methoxy groups -OCH3 is 1. The van der Waals surface area contributed by atoms with Crippen molar-refractivity contribution in [2.45, 2.75) is 16.7 Å². The van der Waals surface area contributed by atoms with E-state index < -0.39 is 10.8 Å². The molecule has 1 amide bonds. The summed E-state index contributed by atoms with van der Waals surface area (Å²) in [6, 6.07) is 19.2. The maximum Gasteiger partial charge on any atom is 0.283 e. The molecular formula is C22H19N3O4S. The van der Waals surface area contributed by atoms with Crippen molar-refractivity contribution in [1.82, 2.24) is 5.43 Å². The molecule has 30 heavy (non-hydrogen) atoms. The van der Waals surface area contributed by atoms with E-state index in [1.807, 2.05) is 31.2 Å². The zero-order valence-corrected chi connectivity index (χ0v) is 17.2. The van der Waals surface area contributed by atoms with Gasteiger partial charge in [-0.15, -0.1) is 0 Å². The molecule has 0 fully saturated rings. The Labute approximate surface area is 177 Å². The predicted octanol–water partition coefficient (Wildman–Crippen LogP) is 4.83. The van der Waals surface area contributed by atoms with Crippen molar-refractivity contribution in [2.75, 3.05) is 7.11 Å². The number of hydrogen-bond donors (Lipinski definition) is 1. The largest absolute Gasteiger partial charge is 0.497 e. The highest BCUT2D eigenvalue weighted by Crippen LogP contribution is 2.35. The molecule has 3 rings (SSSR count). The van der Waals surface area contributed by atoms with Crippen LogP contribution < -0.4 is 10.2 Å². The van der Waals surface area contributed by atoms with Gasteiger partial charge in [0.15, 0.2) is 0 Å². The number of amides is 1.